The number of pyridine rings is 1. The SMILES string of the molecule is CC(C)c1nc2c(c(-c3ccc(F)cc3)c1C=C[C@@H]1C[C@H](CC(=O)OC(C)(C)C)OC(C)(C)O1)CCC(C)(C)n1nnnc1-2. The zero-order valence-corrected chi connectivity index (χ0v) is 27.3. The van der Waals surface area contributed by atoms with E-state index in [0.717, 1.165) is 46.5 Å². The number of tetrazole rings is 1. The second kappa shape index (κ2) is 11.8. The lowest BCUT2D eigenvalue weighted by Crippen LogP contribution is -2.45. The van der Waals surface area contributed by atoms with E-state index in [1.807, 2.05) is 57.5 Å². The Morgan fingerprint density at radius 1 is 1.16 bits per heavy atom. The molecule has 0 bridgehead atoms. The number of carbonyl (C=O) groups is 1. The number of fused-ring (bicyclic) bond motifs is 3. The molecule has 2 aromatic heterocycles. The summed E-state index contributed by atoms with van der Waals surface area (Å²) in [4.78, 5) is 17.9. The molecular formula is C34H44FN5O4. The molecule has 236 valence electrons. The molecule has 0 N–H and O–H groups in total. The van der Waals surface area contributed by atoms with E-state index in [2.05, 4.69) is 49.3 Å². The molecule has 2 atom stereocenters. The van der Waals surface area contributed by atoms with Gasteiger partial charge in [-0.3, -0.25) is 4.79 Å². The number of aromatic nitrogens is 5. The standard InChI is InChI=1S/C34H44FN5O4/c1-20(2)29-25(15-14-23-18-24(43-34(8,9)42-23)19-27(41)44-32(3,4)5)28(21-10-12-22(35)13-11-21)26-16-17-33(6,7)40-31(30(26)36-29)37-38-39-40/h10-15,20,23-24H,16-19H2,1-9H3/t23-,24-/m1/s1. The van der Waals surface area contributed by atoms with Gasteiger partial charge in [-0.1, -0.05) is 38.1 Å². The molecule has 1 saturated heterocycles. The molecule has 44 heavy (non-hydrogen) atoms. The number of carbonyl (C=O) groups excluding carboxylic acids is 1. The molecule has 10 heteroatoms. The van der Waals surface area contributed by atoms with Crippen LogP contribution in [0.3, 0.4) is 0 Å². The van der Waals surface area contributed by atoms with Gasteiger partial charge in [0.2, 0.25) is 5.82 Å². The van der Waals surface area contributed by atoms with Gasteiger partial charge in [0, 0.05) is 12.0 Å². The molecular weight excluding hydrogens is 561 g/mol. The topological polar surface area (TPSA) is 101 Å². The highest BCUT2D eigenvalue weighted by Gasteiger charge is 2.37. The summed E-state index contributed by atoms with van der Waals surface area (Å²) in [6.07, 6.45) is 5.55. The highest BCUT2D eigenvalue weighted by Crippen LogP contribution is 2.43. The summed E-state index contributed by atoms with van der Waals surface area (Å²) in [5, 5.41) is 12.7. The molecule has 3 aromatic rings. The van der Waals surface area contributed by atoms with Crippen molar-refractivity contribution in [2.45, 2.75) is 123 Å². The minimum absolute atomic E-state index is 0.0618. The first-order valence-electron chi connectivity index (χ1n) is 15.4. The molecule has 0 radical (unpaired) electrons. The van der Waals surface area contributed by atoms with Gasteiger partial charge in [0.25, 0.3) is 0 Å². The van der Waals surface area contributed by atoms with E-state index in [9.17, 15) is 9.18 Å². The van der Waals surface area contributed by atoms with Crippen LogP contribution in [0.15, 0.2) is 30.3 Å². The Hall–Kier alpha value is -3.50. The molecule has 0 saturated carbocycles. The Kier molecular flexibility index (Phi) is 8.54. The lowest BCUT2D eigenvalue weighted by molar-refractivity contribution is -0.290. The fraction of sp³-hybridized carbons (Fsp3) is 0.559. The minimum Gasteiger partial charge on any atom is -0.460 e. The number of ether oxygens (including phenoxy) is 3. The van der Waals surface area contributed by atoms with Crippen LogP contribution < -0.4 is 0 Å². The first kappa shape index (κ1) is 31.9. The fourth-order valence-electron chi connectivity index (χ4n) is 6.08. The third kappa shape index (κ3) is 6.91. The van der Waals surface area contributed by atoms with Gasteiger partial charge in [-0.25, -0.2) is 14.1 Å². The maximum Gasteiger partial charge on any atom is 0.308 e. The van der Waals surface area contributed by atoms with Crippen molar-refractivity contribution < 1.29 is 23.4 Å². The maximum atomic E-state index is 14.1. The van der Waals surface area contributed by atoms with Gasteiger partial charge in [0.1, 0.15) is 17.1 Å². The van der Waals surface area contributed by atoms with Gasteiger partial charge in [-0.05, 0) is 106 Å². The highest BCUT2D eigenvalue weighted by molar-refractivity contribution is 5.84. The Bertz CT molecular complexity index is 1550. The molecule has 1 fully saturated rings. The third-order valence-corrected chi connectivity index (χ3v) is 7.96. The van der Waals surface area contributed by atoms with Crippen molar-refractivity contribution in [2.24, 2.45) is 0 Å². The van der Waals surface area contributed by atoms with Gasteiger partial charge in [0.05, 0.1) is 29.9 Å². The summed E-state index contributed by atoms with van der Waals surface area (Å²) in [6, 6.07) is 6.61. The zero-order valence-electron chi connectivity index (χ0n) is 27.3. The van der Waals surface area contributed by atoms with Crippen LogP contribution in [0.2, 0.25) is 0 Å². The summed E-state index contributed by atoms with van der Waals surface area (Å²) in [6.45, 7) is 17.7. The Balaban J connectivity index is 1.60. The summed E-state index contributed by atoms with van der Waals surface area (Å²) in [5.41, 5.74) is 4.59. The van der Waals surface area contributed by atoms with Crippen molar-refractivity contribution in [3.63, 3.8) is 0 Å². The van der Waals surface area contributed by atoms with E-state index in [1.54, 1.807) is 0 Å². The zero-order chi connectivity index (χ0) is 32.0. The van der Waals surface area contributed by atoms with E-state index in [-0.39, 0.29) is 41.9 Å². The summed E-state index contributed by atoms with van der Waals surface area (Å²) < 4.78 is 34.0. The molecule has 0 unspecified atom stereocenters. The van der Waals surface area contributed by atoms with Crippen molar-refractivity contribution in [1.82, 2.24) is 25.2 Å². The molecule has 2 aliphatic heterocycles. The monoisotopic (exact) mass is 605 g/mol. The van der Waals surface area contributed by atoms with Crippen molar-refractivity contribution in [3.05, 3.63) is 53.0 Å². The first-order valence-corrected chi connectivity index (χ1v) is 15.4. The van der Waals surface area contributed by atoms with Crippen molar-refractivity contribution in [2.75, 3.05) is 0 Å². The van der Waals surface area contributed by atoms with Crippen LogP contribution in [0.5, 0.6) is 0 Å². The van der Waals surface area contributed by atoms with Crippen LogP contribution in [0.4, 0.5) is 4.39 Å². The number of halogens is 1. The van der Waals surface area contributed by atoms with Crippen LogP contribution >= 0.6 is 0 Å². The average Bonchev–Trinajstić information content (AvgIpc) is 3.36. The smallest absolute Gasteiger partial charge is 0.308 e. The molecule has 0 aliphatic carbocycles. The number of hydrogen-bond acceptors (Lipinski definition) is 8. The normalized spacial score (nSPS) is 21.2. The summed E-state index contributed by atoms with van der Waals surface area (Å²) in [5.74, 6) is -0.803. The van der Waals surface area contributed by atoms with Crippen LogP contribution in [-0.4, -0.2) is 54.8 Å². The van der Waals surface area contributed by atoms with Gasteiger partial charge < -0.3 is 14.2 Å². The van der Waals surface area contributed by atoms with Gasteiger partial charge in [-0.2, -0.15) is 0 Å². The lowest BCUT2D eigenvalue weighted by Gasteiger charge is -2.39. The Morgan fingerprint density at radius 3 is 2.52 bits per heavy atom. The van der Waals surface area contributed by atoms with Crippen molar-refractivity contribution in [3.8, 4) is 22.6 Å². The molecule has 2 aliphatic rings. The largest absolute Gasteiger partial charge is 0.460 e. The number of nitrogens with zero attached hydrogens (tertiary/aromatic N) is 5. The quantitative estimate of drug-likeness (QED) is 0.277. The number of esters is 1. The van der Waals surface area contributed by atoms with Crippen LogP contribution in [0.1, 0.15) is 104 Å². The summed E-state index contributed by atoms with van der Waals surface area (Å²) >= 11 is 0. The Morgan fingerprint density at radius 2 is 1.86 bits per heavy atom. The van der Waals surface area contributed by atoms with E-state index < -0.39 is 11.4 Å². The third-order valence-electron chi connectivity index (χ3n) is 7.96. The first-order chi connectivity index (χ1) is 20.5. The Labute approximate surface area is 259 Å². The van der Waals surface area contributed by atoms with E-state index in [0.29, 0.717) is 12.2 Å². The predicted molar refractivity (Wildman–Crippen MR) is 166 cm³/mol. The lowest BCUT2D eigenvalue weighted by atomic mass is 9.86. The summed E-state index contributed by atoms with van der Waals surface area (Å²) in [7, 11) is 0. The molecule has 9 nitrogen and oxygen atoms in total. The highest BCUT2D eigenvalue weighted by atomic mass is 19.1. The van der Waals surface area contributed by atoms with Crippen LogP contribution in [-0.2, 0) is 31.0 Å². The molecule has 5 rings (SSSR count). The predicted octanol–water partition coefficient (Wildman–Crippen LogP) is 7.00. The number of benzene rings is 1. The van der Waals surface area contributed by atoms with Gasteiger partial charge in [0.15, 0.2) is 5.79 Å². The molecule has 4 heterocycles. The van der Waals surface area contributed by atoms with Crippen LogP contribution in [0.25, 0.3) is 28.7 Å². The van der Waals surface area contributed by atoms with Gasteiger partial charge >= 0.3 is 5.97 Å². The second-order valence-electron chi connectivity index (χ2n) is 14.2. The number of rotatable bonds is 6. The number of hydrogen-bond donors (Lipinski definition) is 0. The van der Waals surface area contributed by atoms with Crippen LogP contribution in [0, 0.1) is 5.82 Å². The maximum absolute atomic E-state index is 14.1. The minimum atomic E-state index is -0.894. The molecule has 1 aromatic carbocycles. The van der Waals surface area contributed by atoms with Crippen molar-refractivity contribution >= 4 is 12.0 Å². The average molecular weight is 606 g/mol. The van der Waals surface area contributed by atoms with E-state index >= 15 is 0 Å². The van der Waals surface area contributed by atoms with Crippen molar-refractivity contribution in [1.29, 1.82) is 0 Å². The fourth-order valence-corrected chi connectivity index (χ4v) is 6.08. The van der Waals surface area contributed by atoms with Gasteiger partial charge in [-0.15, -0.1) is 5.10 Å². The van der Waals surface area contributed by atoms with E-state index in [1.165, 1.54) is 12.1 Å². The second-order valence-corrected chi connectivity index (χ2v) is 14.2. The molecule has 0 amide bonds. The van der Waals surface area contributed by atoms with E-state index in [4.69, 9.17) is 19.2 Å². The molecule has 0 spiro atoms.